The molecule has 2 amide bonds. The van der Waals surface area contributed by atoms with Crippen LogP contribution in [0.5, 0.6) is 0 Å². The van der Waals surface area contributed by atoms with Crippen molar-refractivity contribution in [3.63, 3.8) is 0 Å². The smallest absolute Gasteiger partial charge is 0.326 e. The summed E-state index contributed by atoms with van der Waals surface area (Å²) in [5.41, 5.74) is 0. The van der Waals surface area contributed by atoms with Crippen LogP contribution in [0.2, 0.25) is 0 Å². The van der Waals surface area contributed by atoms with Crippen LogP contribution in [-0.4, -0.2) is 37.9 Å². The molecule has 8 nitrogen and oxygen atoms in total. The van der Waals surface area contributed by atoms with Crippen molar-refractivity contribution in [3.05, 3.63) is 12.2 Å². The Balaban J connectivity index is 2.40. The number of nitrogens with zero attached hydrogens (tertiary/aromatic N) is 3. The van der Waals surface area contributed by atoms with Crippen LogP contribution in [0.15, 0.2) is 6.33 Å². The third-order valence-corrected chi connectivity index (χ3v) is 2.22. The molecule has 17 heavy (non-hydrogen) atoms. The Bertz CT molecular complexity index is 403. The van der Waals surface area contributed by atoms with Crippen LogP contribution >= 0.6 is 0 Å². The summed E-state index contributed by atoms with van der Waals surface area (Å²) in [4.78, 5) is 22.1. The van der Waals surface area contributed by atoms with Gasteiger partial charge in [0.25, 0.3) is 0 Å². The number of aryl methyl sites for hydroxylation is 1. The monoisotopic (exact) mass is 241 g/mol. The van der Waals surface area contributed by atoms with Crippen LogP contribution in [0, 0.1) is 0 Å². The first-order chi connectivity index (χ1) is 8.04. The molecule has 1 heterocycles. The summed E-state index contributed by atoms with van der Waals surface area (Å²) >= 11 is 0. The molecule has 1 rings (SSSR count). The topological polar surface area (TPSA) is 109 Å². The molecule has 0 aliphatic carbocycles. The van der Waals surface area contributed by atoms with Gasteiger partial charge in [-0.1, -0.05) is 6.92 Å². The van der Waals surface area contributed by atoms with E-state index in [2.05, 4.69) is 20.8 Å². The fraction of sp³-hybridized carbons (Fsp3) is 0.556. The average molecular weight is 241 g/mol. The van der Waals surface area contributed by atoms with Gasteiger partial charge in [-0.15, -0.1) is 10.2 Å². The minimum Gasteiger partial charge on any atom is -0.480 e. The Morgan fingerprint density at radius 1 is 1.59 bits per heavy atom. The van der Waals surface area contributed by atoms with E-state index in [1.807, 2.05) is 0 Å². The van der Waals surface area contributed by atoms with Crippen LogP contribution < -0.4 is 10.6 Å². The molecule has 0 saturated carbocycles. The summed E-state index contributed by atoms with van der Waals surface area (Å²) in [7, 11) is 1.75. The second-order valence-electron chi connectivity index (χ2n) is 3.48. The van der Waals surface area contributed by atoms with E-state index in [1.54, 1.807) is 18.5 Å². The lowest BCUT2D eigenvalue weighted by Crippen LogP contribution is -2.45. The predicted molar refractivity (Wildman–Crippen MR) is 58.1 cm³/mol. The van der Waals surface area contributed by atoms with Crippen molar-refractivity contribution in [3.8, 4) is 0 Å². The molecule has 0 unspecified atom stereocenters. The molecular formula is C9H15N5O3. The number of hydrogen-bond acceptors (Lipinski definition) is 4. The Morgan fingerprint density at radius 2 is 2.29 bits per heavy atom. The lowest BCUT2D eigenvalue weighted by Gasteiger charge is -2.12. The van der Waals surface area contributed by atoms with Gasteiger partial charge in [0.1, 0.15) is 12.4 Å². The number of hydrogen-bond donors (Lipinski definition) is 3. The molecule has 1 aromatic heterocycles. The first-order valence-electron chi connectivity index (χ1n) is 5.14. The zero-order valence-electron chi connectivity index (χ0n) is 9.67. The normalized spacial score (nSPS) is 11.9. The zero-order chi connectivity index (χ0) is 12.8. The number of aliphatic carboxylic acids is 1. The van der Waals surface area contributed by atoms with Gasteiger partial charge in [-0.3, -0.25) is 0 Å². The van der Waals surface area contributed by atoms with Gasteiger partial charge in [0.05, 0.1) is 6.54 Å². The maximum Gasteiger partial charge on any atom is 0.326 e. The van der Waals surface area contributed by atoms with Gasteiger partial charge in [-0.05, 0) is 6.42 Å². The van der Waals surface area contributed by atoms with E-state index in [1.165, 1.54) is 6.33 Å². The zero-order valence-corrected chi connectivity index (χ0v) is 9.67. The van der Waals surface area contributed by atoms with Crippen molar-refractivity contribution in [1.82, 2.24) is 25.4 Å². The Kier molecular flexibility index (Phi) is 4.44. The number of amides is 2. The second-order valence-corrected chi connectivity index (χ2v) is 3.48. The van der Waals surface area contributed by atoms with E-state index < -0.39 is 18.0 Å². The molecule has 3 N–H and O–H groups in total. The number of aromatic nitrogens is 3. The van der Waals surface area contributed by atoms with Crippen molar-refractivity contribution in [2.45, 2.75) is 25.9 Å². The summed E-state index contributed by atoms with van der Waals surface area (Å²) in [5, 5.41) is 21.0. The summed E-state index contributed by atoms with van der Waals surface area (Å²) in [6.45, 7) is 1.88. The molecule has 0 bridgehead atoms. The molecule has 1 atom stereocenters. The summed E-state index contributed by atoms with van der Waals surface area (Å²) in [6.07, 6.45) is 1.84. The van der Waals surface area contributed by atoms with E-state index in [0.717, 1.165) is 0 Å². The Morgan fingerprint density at radius 3 is 2.76 bits per heavy atom. The summed E-state index contributed by atoms with van der Waals surface area (Å²) in [6, 6.07) is -1.42. The molecule has 94 valence electrons. The van der Waals surface area contributed by atoms with Gasteiger partial charge in [0.2, 0.25) is 0 Å². The van der Waals surface area contributed by atoms with Crippen LogP contribution in [0.3, 0.4) is 0 Å². The molecule has 8 heteroatoms. The molecule has 0 saturated heterocycles. The van der Waals surface area contributed by atoms with Crippen molar-refractivity contribution in [2.24, 2.45) is 7.05 Å². The Labute approximate surface area is 98.0 Å². The average Bonchev–Trinajstić information content (AvgIpc) is 2.68. The lowest BCUT2D eigenvalue weighted by molar-refractivity contribution is -0.139. The summed E-state index contributed by atoms with van der Waals surface area (Å²) < 4.78 is 1.66. The molecule has 0 aliphatic rings. The van der Waals surface area contributed by atoms with Gasteiger partial charge in [-0.2, -0.15) is 0 Å². The van der Waals surface area contributed by atoms with E-state index in [-0.39, 0.29) is 6.54 Å². The highest BCUT2D eigenvalue weighted by Gasteiger charge is 2.17. The van der Waals surface area contributed by atoms with Crippen LogP contribution in [0.1, 0.15) is 19.2 Å². The second kappa shape index (κ2) is 5.83. The van der Waals surface area contributed by atoms with Gasteiger partial charge in [0, 0.05) is 7.05 Å². The van der Waals surface area contributed by atoms with Crippen LogP contribution in [0.4, 0.5) is 4.79 Å². The highest BCUT2D eigenvalue weighted by atomic mass is 16.4. The van der Waals surface area contributed by atoms with Crippen LogP contribution in [0.25, 0.3) is 0 Å². The minimum absolute atomic E-state index is 0.193. The van der Waals surface area contributed by atoms with Crippen LogP contribution in [-0.2, 0) is 18.4 Å². The summed E-state index contributed by atoms with van der Waals surface area (Å²) in [5.74, 6) is -0.468. The largest absolute Gasteiger partial charge is 0.480 e. The van der Waals surface area contributed by atoms with Crippen molar-refractivity contribution < 1.29 is 14.7 Å². The highest BCUT2D eigenvalue weighted by Crippen LogP contribution is 1.92. The number of carbonyl (C=O) groups excluding carboxylic acids is 1. The maximum atomic E-state index is 11.4. The minimum atomic E-state index is -1.05. The number of urea groups is 1. The molecule has 0 fully saturated rings. The quantitative estimate of drug-likeness (QED) is 0.642. The van der Waals surface area contributed by atoms with Crippen molar-refractivity contribution in [2.75, 3.05) is 0 Å². The third-order valence-electron chi connectivity index (χ3n) is 2.22. The highest BCUT2D eigenvalue weighted by molar-refractivity contribution is 5.82. The Hall–Kier alpha value is -2.12. The molecule has 0 radical (unpaired) electrons. The lowest BCUT2D eigenvalue weighted by atomic mass is 10.2. The van der Waals surface area contributed by atoms with E-state index in [0.29, 0.717) is 12.2 Å². The number of carboxylic acid groups (broad SMARTS) is 1. The van der Waals surface area contributed by atoms with Crippen molar-refractivity contribution >= 4 is 12.0 Å². The number of carbonyl (C=O) groups is 2. The van der Waals surface area contributed by atoms with E-state index >= 15 is 0 Å². The standard InChI is InChI=1S/C9H15N5O3/c1-3-6(8(15)16)12-9(17)10-4-7-13-11-5-14(7)2/h5-6H,3-4H2,1-2H3,(H,15,16)(H2,10,12,17)/t6-/m1/s1. The molecule has 1 aromatic rings. The first-order valence-corrected chi connectivity index (χ1v) is 5.14. The number of nitrogens with one attached hydrogen (secondary N) is 2. The van der Waals surface area contributed by atoms with E-state index in [4.69, 9.17) is 5.11 Å². The molecular weight excluding hydrogens is 226 g/mol. The molecule has 0 spiro atoms. The van der Waals surface area contributed by atoms with Gasteiger partial charge < -0.3 is 20.3 Å². The van der Waals surface area contributed by atoms with Gasteiger partial charge in [0.15, 0.2) is 5.82 Å². The van der Waals surface area contributed by atoms with E-state index in [9.17, 15) is 9.59 Å². The number of rotatable bonds is 5. The maximum absolute atomic E-state index is 11.4. The van der Waals surface area contributed by atoms with Gasteiger partial charge >= 0.3 is 12.0 Å². The van der Waals surface area contributed by atoms with Crippen molar-refractivity contribution in [1.29, 1.82) is 0 Å². The SMILES string of the molecule is CC[C@@H](NC(=O)NCc1nncn1C)C(=O)O. The molecule has 0 aliphatic heterocycles. The fourth-order valence-electron chi connectivity index (χ4n) is 1.17. The van der Waals surface area contributed by atoms with Gasteiger partial charge in [-0.25, -0.2) is 9.59 Å². The fourth-order valence-corrected chi connectivity index (χ4v) is 1.17. The molecule has 0 aromatic carbocycles. The number of carboxylic acids is 1. The first kappa shape index (κ1) is 12.9. The predicted octanol–water partition coefficient (Wildman–Crippen LogP) is -0.522. The third kappa shape index (κ3) is 3.74.